The minimum absolute atomic E-state index is 0.233. The third-order valence-electron chi connectivity index (χ3n) is 1.64. The molecule has 0 aromatic heterocycles. The Bertz CT molecular complexity index is 216. The van der Waals surface area contributed by atoms with Crippen molar-refractivity contribution in [2.24, 2.45) is 0 Å². The highest BCUT2D eigenvalue weighted by Gasteiger charge is 2.21. The van der Waals surface area contributed by atoms with Crippen LogP contribution < -0.4 is 0 Å². The maximum atomic E-state index is 11.7. The lowest BCUT2D eigenvalue weighted by atomic mass is 10.3. The van der Waals surface area contributed by atoms with Crippen LogP contribution in [0.5, 0.6) is 0 Å². The van der Waals surface area contributed by atoms with Crippen LogP contribution in [0.3, 0.4) is 0 Å². The van der Waals surface area contributed by atoms with E-state index >= 15 is 0 Å². The Morgan fingerprint density at radius 3 is 2.43 bits per heavy atom. The molecule has 0 aliphatic carbocycles. The molecule has 0 aromatic rings. The lowest BCUT2D eigenvalue weighted by Gasteiger charge is -2.14. The Morgan fingerprint density at radius 2 is 2.00 bits per heavy atom. The maximum absolute atomic E-state index is 11.7. The minimum Gasteiger partial charge on any atom is -0.469 e. The number of ether oxygens (including phenoxy) is 1. The SMILES string of the molecule is CCOP(=O)(CCCC(=O)OC)OC. The number of methoxy groups -OCH3 is 1. The third-order valence-corrected chi connectivity index (χ3v) is 3.72. The second-order valence-corrected chi connectivity index (χ2v) is 4.91. The average Bonchev–Trinajstić information content (AvgIpc) is 2.18. The first-order chi connectivity index (χ1) is 6.58. The molecule has 1 atom stereocenters. The number of rotatable bonds is 7. The predicted octanol–water partition coefficient (Wildman–Crippen LogP) is 1.82. The van der Waals surface area contributed by atoms with Crippen LogP contribution >= 0.6 is 7.60 Å². The van der Waals surface area contributed by atoms with Crippen molar-refractivity contribution in [1.29, 1.82) is 0 Å². The highest BCUT2D eigenvalue weighted by Crippen LogP contribution is 2.47. The fourth-order valence-corrected chi connectivity index (χ4v) is 2.28. The van der Waals surface area contributed by atoms with Crippen molar-refractivity contribution in [2.75, 3.05) is 27.0 Å². The summed E-state index contributed by atoms with van der Waals surface area (Å²) in [6.07, 6.45) is 0.918. The topological polar surface area (TPSA) is 61.8 Å². The van der Waals surface area contributed by atoms with Gasteiger partial charge in [-0.2, -0.15) is 0 Å². The van der Waals surface area contributed by atoms with Crippen molar-refractivity contribution in [3.05, 3.63) is 0 Å². The third kappa shape index (κ3) is 5.37. The quantitative estimate of drug-likeness (QED) is 0.487. The fraction of sp³-hybridized carbons (Fsp3) is 0.875. The van der Waals surface area contributed by atoms with Gasteiger partial charge in [0.15, 0.2) is 0 Å². The molecule has 0 amide bonds. The van der Waals surface area contributed by atoms with Crippen LogP contribution in [-0.2, 0) is 23.1 Å². The van der Waals surface area contributed by atoms with Crippen LogP contribution in [0, 0.1) is 0 Å². The van der Waals surface area contributed by atoms with Crippen molar-refractivity contribution < 1.29 is 23.1 Å². The molecule has 84 valence electrons. The first-order valence-electron chi connectivity index (χ1n) is 4.44. The Balaban J connectivity index is 3.84. The molecule has 6 heteroatoms. The van der Waals surface area contributed by atoms with E-state index in [-0.39, 0.29) is 18.6 Å². The molecule has 0 aromatic carbocycles. The second kappa shape index (κ2) is 6.98. The number of hydrogen-bond acceptors (Lipinski definition) is 5. The smallest absolute Gasteiger partial charge is 0.330 e. The van der Waals surface area contributed by atoms with Crippen LogP contribution in [0.2, 0.25) is 0 Å². The summed E-state index contributed by atoms with van der Waals surface area (Å²) in [5.41, 5.74) is 0. The van der Waals surface area contributed by atoms with Gasteiger partial charge in [0.05, 0.1) is 19.9 Å². The fourth-order valence-electron chi connectivity index (χ4n) is 0.924. The predicted molar refractivity (Wildman–Crippen MR) is 52.4 cm³/mol. The number of carbonyl (C=O) groups excluding carboxylic acids is 1. The number of carbonyl (C=O) groups is 1. The van der Waals surface area contributed by atoms with Gasteiger partial charge >= 0.3 is 13.6 Å². The summed E-state index contributed by atoms with van der Waals surface area (Å²) in [6, 6.07) is 0. The van der Waals surface area contributed by atoms with Gasteiger partial charge in [-0.25, -0.2) is 0 Å². The first kappa shape index (κ1) is 13.6. The first-order valence-corrected chi connectivity index (χ1v) is 6.17. The van der Waals surface area contributed by atoms with Crippen molar-refractivity contribution in [3.8, 4) is 0 Å². The van der Waals surface area contributed by atoms with E-state index in [2.05, 4.69) is 4.74 Å². The summed E-state index contributed by atoms with van der Waals surface area (Å²) in [4.78, 5) is 10.8. The van der Waals surface area contributed by atoms with Crippen LogP contribution in [0.1, 0.15) is 19.8 Å². The molecule has 0 fully saturated rings. The van der Waals surface area contributed by atoms with E-state index in [0.717, 1.165) is 0 Å². The van der Waals surface area contributed by atoms with E-state index in [9.17, 15) is 9.36 Å². The zero-order valence-electron chi connectivity index (χ0n) is 8.82. The van der Waals surface area contributed by atoms with E-state index < -0.39 is 7.60 Å². The van der Waals surface area contributed by atoms with E-state index in [1.165, 1.54) is 14.2 Å². The molecule has 0 aliphatic heterocycles. The van der Waals surface area contributed by atoms with Crippen LogP contribution in [-0.4, -0.2) is 33.0 Å². The molecule has 5 nitrogen and oxygen atoms in total. The van der Waals surface area contributed by atoms with Gasteiger partial charge in [0.25, 0.3) is 0 Å². The molecular formula is C8H17O5P. The van der Waals surface area contributed by atoms with Crippen molar-refractivity contribution in [1.82, 2.24) is 0 Å². The summed E-state index contributed by atoms with van der Waals surface area (Å²) in [7, 11) is -0.313. The van der Waals surface area contributed by atoms with Gasteiger partial charge in [-0.3, -0.25) is 9.36 Å². The van der Waals surface area contributed by atoms with Crippen LogP contribution in [0.25, 0.3) is 0 Å². The summed E-state index contributed by atoms with van der Waals surface area (Å²) < 4.78 is 25.9. The Labute approximate surface area is 84.3 Å². The highest BCUT2D eigenvalue weighted by molar-refractivity contribution is 7.53. The summed E-state index contributed by atoms with van der Waals surface area (Å²) in [5.74, 6) is -0.316. The molecule has 0 rings (SSSR count). The van der Waals surface area contributed by atoms with Gasteiger partial charge in [-0.05, 0) is 13.3 Å². The van der Waals surface area contributed by atoms with Gasteiger partial charge in [-0.1, -0.05) is 0 Å². The second-order valence-electron chi connectivity index (χ2n) is 2.61. The molecule has 14 heavy (non-hydrogen) atoms. The molecule has 0 bridgehead atoms. The molecule has 0 spiro atoms. The van der Waals surface area contributed by atoms with E-state index in [0.29, 0.717) is 13.0 Å². The van der Waals surface area contributed by atoms with E-state index in [1.54, 1.807) is 6.92 Å². The van der Waals surface area contributed by atoms with Crippen LogP contribution in [0.15, 0.2) is 0 Å². The Morgan fingerprint density at radius 1 is 1.36 bits per heavy atom. The zero-order valence-corrected chi connectivity index (χ0v) is 9.71. The van der Waals surface area contributed by atoms with Crippen molar-refractivity contribution in [2.45, 2.75) is 19.8 Å². The average molecular weight is 224 g/mol. The monoisotopic (exact) mass is 224 g/mol. The lowest BCUT2D eigenvalue weighted by Crippen LogP contribution is -2.03. The van der Waals surface area contributed by atoms with Crippen molar-refractivity contribution >= 4 is 13.6 Å². The Hall–Kier alpha value is -0.380. The van der Waals surface area contributed by atoms with Gasteiger partial charge in [0.2, 0.25) is 0 Å². The van der Waals surface area contributed by atoms with Gasteiger partial charge in [0, 0.05) is 13.5 Å². The Kier molecular flexibility index (Phi) is 6.79. The van der Waals surface area contributed by atoms with Crippen molar-refractivity contribution in [3.63, 3.8) is 0 Å². The number of hydrogen-bond donors (Lipinski definition) is 0. The molecule has 0 saturated heterocycles. The minimum atomic E-state index is -2.97. The van der Waals surface area contributed by atoms with Crippen LogP contribution in [0.4, 0.5) is 0 Å². The normalized spacial score (nSPS) is 14.8. The lowest BCUT2D eigenvalue weighted by molar-refractivity contribution is -0.140. The molecule has 1 unspecified atom stereocenters. The molecule has 0 radical (unpaired) electrons. The maximum Gasteiger partial charge on any atom is 0.330 e. The molecule has 0 saturated carbocycles. The summed E-state index contributed by atoms with van der Waals surface area (Å²) >= 11 is 0. The zero-order chi connectivity index (χ0) is 11.0. The van der Waals surface area contributed by atoms with E-state index in [4.69, 9.17) is 9.05 Å². The molecular weight excluding hydrogens is 207 g/mol. The number of esters is 1. The molecule has 0 aliphatic rings. The molecule has 0 N–H and O–H groups in total. The standard InChI is InChI=1S/C8H17O5P/c1-4-13-14(10,12-3)7-5-6-8(9)11-2/h4-7H2,1-3H3. The van der Waals surface area contributed by atoms with Gasteiger partial charge in [0.1, 0.15) is 0 Å². The highest BCUT2D eigenvalue weighted by atomic mass is 31.2. The molecule has 0 heterocycles. The largest absolute Gasteiger partial charge is 0.469 e. The summed E-state index contributed by atoms with van der Waals surface area (Å²) in [6.45, 7) is 2.08. The van der Waals surface area contributed by atoms with Gasteiger partial charge < -0.3 is 13.8 Å². The summed E-state index contributed by atoms with van der Waals surface area (Å²) in [5, 5.41) is 0. The van der Waals surface area contributed by atoms with E-state index in [1.807, 2.05) is 0 Å². The van der Waals surface area contributed by atoms with Gasteiger partial charge in [-0.15, -0.1) is 0 Å².